The van der Waals surface area contributed by atoms with Crippen LogP contribution in [0.5, 0.6) is 17.2 Å². The predicted molar refractivity (Wildman–Crippen MR) is 231 cm³/mol. The van der Waals surface area contributed by atoms with Crippen molar-refractivity contribution in [1.82, 2.24) is 0 Å². The van der Waals surface area contributed by atoms with Crippen LogP contribution in [0, 0.1) is 6.92 Å². The molecule has 0 heterocycles. The van der Waals surface area contributed by atoms with Gasteiger partial charge in [-0.25, -0.2) is 10.0 Å². The maximum Gasteiger partial charge on any atom is 0.119 e. The molecule has 0 aromatic heterocycles. The second-order valence-corrected chi connectivity index (χ2v) is 12.9. The summed E-state index contributed by atoms with van der Waals surface area (Å²) in [6.45, 7) is 2.08. The number of anilines is 7. The van der Waals surface area contributed by atoms with Crippen molar-refractivity contribution in [2.24, 2.45) is 10.2 Å². The summed E-state index contributed by atoms with van der Waals surface area (Å²) in [6, 6.07) is 59.0. The molecule has 0 aliphatic rings. The van der Waals surface area contributed by atoms with Crippen molar-refractivity contribution in [3.8, 4) is 17.2 Å². The van der Waals surface area contributed by atoms with Crippen molar-refractivity contribution in [2.75, 3.05) is 36.2 Å². The topological polar surface area (TPSA) is 62.1 Å². The summed E-state index contributed by atoms with van der Waals surface area (Å²) in [5, 5.41) is 13.7. The number of nitrogens with zero attached hydrogens (tertiary/aromatic N) is 5. The Morgan fingerprint density at radius 3 is 1.00 bits per heavy atom. The molecule has 0 N–H and O–H groups in total. The third-order valence-electron chi connectivity index (χ3n) is 9.19. The van der Waals surface area contributed by atoms with Crippen molar-refractivity contribution < 1.29 is 14.2 Å². The van der Waals surface area contributed by atoms with Crippen LogP contribution in [-0.4, -0.2) is 33.8 Å². The number of benzene rings is 7. The van der Waals surface area contributed by atoms with Crippen LogP contribution in [0.4, 0.5) is 39.8 Å². The molecule has 0 bridgehead atoms. The van der Waals surface area contributed by atoms with E-state index in [1.165, 1.54) is 5.56 Å². The molecule has 8 heteroatoms. The molecule has 7 rings (SSSR count). The fraction of sp³-hybridized carbons (Fsp3) is 0.0833. The second-order valence-electron chi connectivity index (χ2n) is 12.9. The Hall–Kier alpha value is -7.32. The smallest absolute Gasteiger partial charge is 0.119 e. The van der Waals surface area contributed by atoms with Gasteiger partial charge in [-0.05, 0) is 139 Å². The Morgan fingerprint density at radius 1 is 0.357 bits per heavy atom. The lowest BCUT2D eigenvalue weighted by molar-refractivity contribution is 0.414. The number of hydrazone groups is 2. The van der Waals surface area contributed by atoms with Crippen molar-refractivity contribution in [2.45, 2.75) is 6.92 Å². The summed E-state index contributed by atoms with van der Waals surface area (Å²) < 4.78 is 16.2. The van der Waals surface area contributed by atoms with E-state index < -0.39 is 0 Å². The molecule has 0 atom stereocenters. The lowest BCUT2D eigenvalue weighted by Crippen LogP contribution is -2.11. The Labute approximate surface area is 328 Å². The van der Waals surface area contributed by atoms with Gasteiger partial charge in [-0.2, -0.15) is 10.2 Å². The molecule has 7 aromatic carbocycles. The molecule has 278 valence electrons. The normalized spacial score (nSPS) is 11.1. The zero-order chi connectivity index (χ0) is 38.7. The first-order valence-corrected chi connectivity index (χ1v) is 18.2. The SMILES string of the molecule is COc1ccc(N(N=Cc2ccc(N(c3ccccc3)c3ccc(C=NN(c4ccc(OC)cc4)c4ccc(OC)cc4)cc3)cc2)c2ccc(C)cc2)cc1. The van der Waals surface area contributed by atoms with Crippen LogP contribution in [0.25, 0.3) is 0 Å². The molecule has 56 heavy (non-hydrogen) atoms. The number of aryl methyl sites for hydroxylation is 1. The highest BCUT2D eigenvalue weighted by atomic mass is 16.5. The van der Waals surface area contributed by atoms with Crippen LogP contribution in [0.2, 0.25) is 0 Å². The summed E-state index contributed by atoms with van der Waals surface area (Å²) in [5.74, 6) is 2.36. The molecular formula is C48H43N5O3. The largest absolute Gasteiger partial charge is 0.497 e. The van der Waals surface area contributed by atoms with Crippen LogP contribution in [0.15, 0.2) is 186 Å². The lowest BCUT2D eigenvalue weighted by atomic mass is 10.1. The van der Waals surface area contributed by atoms with Gasteiger partial charge in [-0.15, -0.1) is 0 Å². The third kappa shape index (κ3) is 8.89. The first kappa shape index (κ1) is 37.0. The van der Waals surface area contributed by atoms with Gasteiger partial charge in [-0.3, -0.25) is 0 Å². The molecule has 8 nitrogen and oxygen atoms in total. The molecule has 0 amide bonds. The van der Waals surface area contributed by atoms with E-state index in [2.05, 4.69) is 109 Å². The highest BCUT2D eigenvalue weighted by Gasteiger charge is 2.14. The Morgan fingerprint density at radius 2 is 0.661 bits per heavy atom. The summed E-state index contributed by atoms with van der Waals surface area (Å²) in [5.41, 5.74) is 9.89. The molecule has 0 radical (unpaired) electrons. The Bertz CT molecular complexity index is 2300. The standard InChI is InChI=1S/C48H43N5O3/c1-36-10-16-42(17-11-36)52(43-22-28-46(54-2)29-23-43)49-34-37-12-18-40(19-13-37)51(39-8-6-5-7-9-39)41-20-14-38(15-21-41)35-50-53(44-24-30-47(55-3)31-25-44)45-26-32-48(56-4)33-27-45/h5-35H,1-4H3. The van der Waals surface area contributed by atoms with E-state index in [1.807, 2.05) is 101 Å². The second kappa shape index (κ2) is 17.7. The van der Waals surface area contributed by atoms with E-state index in [4.69, 9.17) is 24.4 Å². The van der Waals surface area contributed by atoms with Crippen LogP contribution >= 0.6 is 0 Å². The maximum atomic E-state index is 5.39. The van der Waals surface area contributed by atoms with Gasteiger partial charge in [0.05, 0.1) is 56.5 Å². The van der Waals surface area contributed by atoms with Gasteiger partial charge in [-0.1, -0.05) is 60.2 Å². The van der Waals surface area contributed by atoms with Crippen LogP contribution in [0.3, 0.4) is 0 Å². The van der Waals surface area contributed by atoms with Crippen LogP contribution < -0.4 is 29.1 Å². The molecule has 0 aliphatic heterocycles. The summed E-state index contributed by atoms with van der Waals surface area (Å²) in [7, 11) is 4.99. The van der Waals surface area contributed by atoms with Crippen molar-refractivity contribution in [3.63, 3.8) is 0 Å². The molecule has 0 saturated heterocycles. The van der Waals surface area contributed by atoms with Gasteiger partial charge in [0, 0.05) is 17.1 Å². The van der Waals surface area contributed by atoms with Gasteiger partial charge in [0.25, 0.3) is 0 Å². The van der Waals surface area contributed by atoms with Crippen LogP contribution in [-0.2, 0) is 0 Å². The average molecular weight is 738 g/mol. The summed E-state index contributed by atoms with van der Waals surface area (Å²) in [6.07, 6.45) is 3.75. The van der Waals surface area contributed by atoms with Gasteiger partial charge in [0.2, 0.25) is 0 Å². The minimum atomic E-state index is 0.781. The highest BCUT2D eigenvalue weighted by Crippen LogP contribution is 2.35. The summed E-state index contributed by atoms with van der Waals surface area (Å²) >= 11 is 0. The van der Waals surface area contributed by atoms with E-state index >= 15 is 0 Å². The minimum absolute atomic E-state index is 0.781. The lowest BCUT2D eigenvalue weighted by Gasteiger charge is -2.25. The maximum absolute atomic E-state index is 5.39. The highest BCUT2D eigenvalue weighted by molar-refractivity contribution is 5.86. The van der Waals surface area contributed by atoms with E-state index in [0.29, 0.717) is 0 Å². The number of para-hydroxylation sites is 1. The zero-order valence-electron chi connectivity index (χ0n) is 31.9. The Kier molecular flexibility index (Phi) is 11.7. The minimum Gasteiger partial charge on any atom is -0.497 e. The predicted octanol–water partition coefficient (Wildman–Crippen LogP) is 11.8. The molecule has 0 spiro atoms. The number of methoxy groups -OCH3 is 3. The zero-order valence-corrected chi connectivity index (χ0v) is 31.9. The average Bonchev–Trinajstić information content (AvgIpc) is 3.26. The van der Waals surface area contributed by atoms with E-state index in [1.54, 1.807) is 21.3 Å². The van der Waals surface area contributed by atoms with Gasteiger partial charge >= 0.3 is 0 Å². The van der Waals surface area contributed by atoms with E-state index in [9.17, 15) is 0 Å². The van der Waals surface area contributed by atoms with Crippen LogP contribution in [0.1, 0.15) is 16.7 Å². The monoisotopic (exact) mass is 737 g/mol. The quantitative estimate of drug-likeness (QED) is 0.0818. The van der Waals surface area contributed by atoms with Crippen molar-refractivity contribution in [1.29, 1.82) is 0 Å². The third-order valence-corrected chi connectivity index (χ3v) is 9.19. The number of hydrogen-bond donors (Lipinski definition) is 0. The molecule has 0 saturated carbocycles. The number of rotatable bonds is 14. The molecule has 0 fully saturated rings. The first-order chi connectivity index (χ1) is 27.5. The van der Waals surface area contributed by atoms with E-state index in [0.717, 1.165) is 68.2 Å². The number of ether oxygens (including phenoxy) is 3. The number of hydrogen-bond acceptors (Lipinski definition) is 8. The fourth-order valence-corrected chi connectivity index (χ4v) is 6.11. The fourth-order valence-electron chi connectivity index (χ4n) is 6.11. The van der Waals surface area contributed by atoms with Crippen molar-refractivity contribution >= 4 is 52.2 Å². The van der Waals surface area contributed by atoms with Gasteiger partial charge in [0.15, 0.2) is 0 Å². The van der Waals surface area contributed by atoms with E-state index in [-0.39, 0.29) is 0 Å². The van der Waals surface area contributed by atoms with Gasteiger partial charge in [0.1, 0.15) is 17.2 Å². The molecule has 0 unspecified atom stereocenters. The summed E-state index contributed by atoms with van der Waals surface area (Å²) in [4.78, 5) is 2.23. The molecular weight excluding hydrogens is 695 g/mol. The Balaban J connectivity index is 1.14. The van der Waals surface area contributed by atoms with Gasteiger partial charge < -0.3 is 19.1 Å². The molecule has 7 aromatic rings. The first-order valence-electron chi connectivity index (χ1n) is 18.2. The van der Waals surface area contributed by atoms with Crippen molar-refractivity contribution in [3.05, 3.63) is 193 Å². The molecule has 0 aliphatic carbocycles.